The first-order chi connectivity index (χ1) is 7.44. The van der Waals surface area contributed by atoms with E-state index in [2.05, 4.69) is 20.7 Å². The third kappa shape index (κ3) is 4.31. The second-order valence-corrected chi connectivity index (χ2v) is 6.56. The molecule has 90 valence electrons. The molecule has 0 spiro atoms. The van der Waals surface area contributed by atoms with Crippen LogP contribution in [-0.4, -0.2) is 20.1 Å². The molecule has 0 atom stereocenters. The number of aryl methyl sites for hydroxylation is 1. The first-order valence-electron chi connectivity index (χ1n) is 4.77. The third-order valence-corrected chi connectivity index (χ3v) is 4.13. The number of hydrogen-bond donors (Lipinski definition) is 1. The summed E-state index contributed by atoms with van der Waals surface area (Å²) in [5.74, 6) is 0.390. The Morgan fingerprint density at radius 1 is 1.44 bits per heavy atom. The standard InChI is InChI=1S/C10H13BrClNO2S/c1-8-3-4-9(11)7-10(8)13-16(14,15)6-2-5-12/h3-4,7,13H,2,5-6H2,1H3. The van der Waals surface area contributed by atoms with Gasteiger partial charge in [-0.1, -0.05) is 22.0 Å². The number of anilines is 1. The first-order valence-corrected chi connectivity index (χ1v) is 7.75. The summed E-state index contributed by atoms with van der Waals surface area (Å²) < 4.78 is 26.7. The van der Waals surface area contributed by atoms with E-state index in [0.717, 1.165) is 10.0 Å². The first kappa shape index (κ1) is 13.8. The van der Waals surface area contributed by atoms with Gasteiger partial charge in [0, 0.05) is 10.4 Å². The van der Waals surface area contributed by atoms with Crippen LogP contribution in [0.2, 0.25) is 0 Å². The van der Waals surface area contributed by atoms with Gasteiger partial charge >= 0.3 is 0 Å². The van der Waals surface area contributed by atoms with Gasteiger partial charge in [0.25, 0.3) is 0 Å². The van der Waals surface area contributed by atoms with E-state index < -0.39 is 10.0 Å². The van der Waals surface area contributed by atoms with E-state index in [9.17, 15) is 8.42 Å². The molecule has 0 saturated heterocycles. The predicted molar refractivity (Wildman–Crippen MR) is 71.6 cm³/mol. The smallest absolute Gasteiger partial charge is 0.232 e. The third-order valence-electron chi connectivity index (χ3n) is 2.01. The molecule has 0 radical (unpaired) electrons. The van der Waals surface area contributed by atoms with Crippen molar-refractivity contribution in [1.29, 1.82) is 0 Å². The van der Waals surface area contributed by atoms with Crippen LogP contribution in [0, 0.1) is 6.92 Å². The lowest BCUT2D eigenvalue weighted by atomic mass is 10.2. The summed E-state index contributed by atoms with van der Waals surface area (Å²) in [6, 6.07) is 5.46. The molecule has 1 rings (SSSR count). The Balaban J connectivity index is 2.83. The Morgan fingerprint density at radius 2 is 2.12 bits per heavy atom. The fourth-order valence-electron chi connectivity index (χ4n) is 1.17. The molecule has 0 aliphatic heterocycles. The van der Waals surface area contributed by atoms with E-state index in [1.165, 1.54) is 0 Å². The van der Waals surface area contributed by atoms with Crippen molar-refractivity contribution in [1.82, 2.24) is 0 Å². The zero-order valence-electron chi connectivity index (χ0n) is 8.83. The molecule has 1 N–H and O–H groups in total. The number of sulfonamides is 1. The molecule has 1 aromatic carbocycles. The van der Waals surface area contributed by atoms with Crippen molar-refractivity contribution in [2.75, 3.05) is 16.4 Å². The zero-order chi connectivity index (χ0) is 12.2. The molecule has 16 heavy (non-hydrogen) atoms. The highest BCUT2D eigenvalue weighted by atomic mass is 79.9. The lowest BCUT2D eigenvalue weighted by Crippen LogP contribution is -2.17. The molecule has 0 heterocycles. The molecule has 6 heteroatoms. The summed E-state index contributed by atoms with van der Waals surface area (Å²) in [7, 11) is -3.29. The van der Waals surface area contributed by atoms with Crippen molar-refractivity contribution < 1.29 is 8.42 Å². The largest absolute Gasteiger partial charge is 0.283 e. The van der Waals surface area contributed by atoms with Gasteiger partial charge in [0.05, 0.1) is 11.4 Å². The van der Waals surface area contributed by atoms with Crippen LogP contribution in [0.4, 0.5) is 5.69 Å². The summed E-state index contributed by atoms with van der Waals surface area (Å²) in [5.41, 5.74) is 1.49. The van der Waals surface area contributed by atoms with Crippen LogP contribution in [0.1, 0.15) is 12.0 Å². The second kappa shape index (κ2) is 5.89. The van der Waals surface area contributed by atoms with E-state index in [1.807, 2.05) is 19.1 Å². The van der Waals surface area contributed by atoms with E-state index in [4.69, 9.17) is 11.6 Å². The Bertz CT molecular complexity index is 462. The minimum atomic E-state index is -3.29. The normalized spacial score (nSPS) is 11.4. The van der Waals surface area contributed by atoms with Crippen LogP contribution in [0.3, 0.4) is 0 Å². The predicted octanol–water partition coefficient (Wildman–Crippen LogP) is 3.13. The Morgan fingerprint density at radius 3 is 2.75 bits per heavy atom. The molecule has 0 bridgehead atoms. The topological polar surface area (TPSA) is 46.2 Å². The van der Waals surface area contributed by atoms with Crippen molar-refractivity contribution in [3.05, 3.63) is 28.2 Å². The molecule has 3 nitrogen and oxygen atoms in total. The average Bonchev–Trinajstić information content (AvgIpc) is 2.20. The molecule has 0 aliphatic carbocycles. The van der Waals surface area contributed by atoms with Gasteiger partial charge in [0.1, 0.15) is 0 Å². The lowest BCUT2D eigenvalue weighted by Gasteiger charge is -2.10. The van der Waals surface area contributed by atoms with E-state index in [0.29, 0.717) is 18.0 Å². The number of benzene rings is 1. The van der Waals surface area contributed by atoms with Gasteiger partial charge in [-0.25, -0.2) is 8.42 Å². The van der Waals surface area contributed by atoms with Gasteiger partial charge < -0.3 is 0 Å². The van der Waals surface area contributed by atoms with Crippen molar-refractivity contribution in [2.24, 2.45) is 0 Å². The molecule has 0 saturated carbocycles. The van der Waals surface area contributed by atoms with Crippen LogP contribution in [-0.2, 0) is 10.0 Å². The fourth-order valence-corrected chi connectivity index (χ4v) is 3.00. The summed E-state index contributed by atoms with van der Waals surface area (Å²) in [5, 5.41) is 0. The Labute approximate surface area is 109 Å². The van der Waals surface area contributed by atoms with Gasteiger partial charge in [-0.3, -0.25) is 4.72 Å². The molecule has 1 aromatic rings. The van der Waals surface area contributed by atoms with Gasteiger partial charge in [-0.2, -0.15) is 0 Å². The van der Waals surface area contributed by atoms with E-state index >= 15 is 0 Å². The number of alkyl halides is 1. The highest BCUT2D eigenvalue weighted by molar-refractivity contribution is 9.10. The molecule has 0 amide bonds. The minimum absolute atomic E-state index is 0.0441. The maximum absolute atomic E-state index is 11.6. The highest BCUT2D eigenvalue weighted by Gasteiger charge is 2.11. The monoisotopic (exact) mass is 325 g/mol. The molecular weight excluding hydrogens is 314 g/mol. The van der Waals surface area contributed by atoms with Crippen molar-refractivity contribution in [3.8, 4) is 0 Å². The summed E-state index contributed by atoms with van der Waals surface area (Å²) in [4.78, 5) is 0. The summed E-state index contributed by atoms with van der Waals surface area (Å²) in [6.07, 6.45) is 0.448. The number of halogens is 2. The lowest BCUT2D eigenvalue weighted by molar-refractivity contribution is 0.600. The SMILES string of the molecule is Cc1ccc(Br)cc1NS(=O)(=O)CCCCl. The maximum atomic E-state index is 11.6. The molecule has 0 fully saturated rings. The van der Waals surface area contributed by atoms with Crippen LogP contribution >= 0.6 is 27.5 Å². The quantitative estimate of drug-likeness (QED) is 0.845. The van der Waals surface area contributed by atoms with Gasteiger partial charge in [-0.05, 0) is 31.0 Å². The Hall–Kier alpha value is -0.260. The summed E-state index contributed by atoms with van der Waals surface area (Å²) >= 11 is 8.77. The minimum Gasteiger partial charge on any atom is -0.283 e. The zero-order valence-corrected chi connectivity index (χ0v) is 12.0. The van der Waals surface area contributed by atoms with Gasteiger partial charge in [0.2, 0.25) is 10.0 Å². The average molecular weight is 327 g/mol. The summed E-state index contributed by atoms with van der Waals surface area (Å²) in [6.45, 7) is 1.85. The fraction of sp³-hybridized carbons (Fsp3) is 0.400. The van der Waals surface area contributed by atoms with E-state index in [-0.39, 0.29) is 5.75 Å². The van der Waals surface area contributed by atoms with Gasteiger partial charge in [-0.15, -0.1) is 11.6 Å². The van der Waals surface area contributed by atoms with Crippen LogP contribution in [0.5, 0.6) is 0 Å². The number of nitrogens with one attached hydrogen (secondary N) is 1. The highest BCUT2D eigenvalue weighted by Crippen LogP contribution is 2.21. The Kier molecular flexibility index (Phi) is 5.08. The van der Waals surface area contributed by atoms with Crippen LogP contribution < -0.4 is 4.72 Å². The molecule has 0 aromatic heterocycles. The number of rotatable bonds is 5. The van der Waals surface area contributed by atoms with Crippen molar-refractivity contribution >= 4 is 43.2 Å². The molecule has 0 unspecified atom stereocenters. The van der Waals surface area contributed by atoms with E-state index in [1.54, 1.807) is 6.07 Å². The number of hydrogen-bond acceptors (Lipinski definition) is 2. The molecule has 0 aliphatic rings. The van der Waals surface area contributed by atoms with Crippen molar-refractivity contribution in [2.45, 2.75) is 13.3 Å². The van der Waals surface area contributed by atoms with Crippen molar-refractivity contribution in [3.63, 3.8) is 0 Å². The maximum Gasteiger partial charge on any atom is 0.232 e. The van der Waals surface area contributed by atoms with Crippen LogP contribution in [0.15, 0.2) is 22.7 Å². The molecular formula is C10H13BrClNO2S. The van der Waals surface area contributed by atoms with Crippen LogP contribution in [0.25, 0.3) is 0 Å². The second-order valence-electron chi connectivity index (χ2n) is 3.42. The van der Waals surface area contributed by atoms with Gasteiger partial charge in [0.15, 0.2) is 0 Å².